The molecule has 2 aromatic rings. The minimum atomic E-state index is -4.78. The number of aromatic nitrogens is 1. The number of hydrogen-bond donors (Lipinski definition) is 0. The van der Waals surface area contributed by atoms with Crippen LogP contribution in [-0.2, 0) is 18.1 Å². The van der Waals surface area contributed by atoms with Crippen molar-refractivity contribution in [3.63, 3.8) is 0 Å². The summed E-state index contributed by atoms with van der Waals surface area (Å²) in [7, 11) is 0. The van der Waals surface area contributed by atoms with E-state index < -0.39 is 17.6 Å². The van der Waals surface area contributed by atoms with Gasteiger partial charge in [0.05, 0.1) is 5.56 Å². The average molecular weight is 419 g/mol. The third-order valence-electron chi connectivity index (χ3n) is 3.75. The first-order chi connectivity index (χ1) is 12.3. The number of hydrogen-bond acceptors (Lipinski definition) is 2. The highest BCUT2D eigenvalue weighted by atomic mass is 32.1. The second-order valence-electron chi connectivity index (χ2n) is 7.76. The van der Waals surface area contributed by atoms with Crippen molar-refractivity contribution in [3.8, 4) is 0 Å². The van der Waals surface area contributed by atoms with E-state index in [1.54, 1.807) is 0 Å². The fourth-order valence-corrected chi connectivity index (χ4v) is 3.77. The molecule has 148 valence electrons. The van der Waals surface area contributed by atoms with E-state index in [9.17, 15) is 17.6 Å². The molecule has 0 aliphatic rings. The zero-order valence-corrected chi connectivity index (χ0v) is 17.4. The van der Waals surface area contributed by atoms with Gasteiger partial charge in [-0.3, -0.25) is 0 Å². The third-order valence-corrected chi connectivity index (χ3v) is 5.51. The van der Waals surface area contributed by atoms with Crippen LogP contribution in [0.1, 0.15) is 50.6 Å². The van der Waals surface area contributed by atoms with Crippen molar-refractivity contribution >= 4 is 28.5 Å². The van der Waals surface area contributed by atoms with E-state index in [1.165, 1.54) is 17.4 Å². The van der Waals surface area contributed by atoms with Gasteiger partial charge in [-0.25, -0.2) is 9.38 Å². The summed E-state index contributed by atoms with van der Waals surface area (Å²) in [5, 5.41) is 0. The molecule has 2 rings (SSSR count). The van der Waals surface area contributed by atoms with Gasteiger partial charge in [0.15, 0.2) is 4.80 Å². The van der Waals surface area contributed by atoms with E-state index in [4.69, 9.17) is 12.2 Å². The summed E-state index contributed by atoms with van der Waals surface area (Å²) in [5.41, 5.74) is -1.77. The van der Waals surface area contributed by atoms with Crippen molar-refractivity contribution in [1.29, 1.82) is 0 Å². The molecule has 0 saturated heterocycles. The van der Waals surface area contributed by atoms with Crippen molar-refractivity contribution < 1.29 is 17.6 Å². The monoisotopic (exact) mass is 418 g/mol. The van der Waals surface area contributed by atoms with Crippen LogP contribution in [0, 0.1) is 11.7 Å². The Morgan fingerprint density at radius 3 is 2.37 bits per heavy atom. The molecular weight excluding hydrogens is 396 g/mol. The van der Waals surface area contributed by atoms with Crippen LogP contribution in [0.15, 0.2) is 29.4 Å². The van der Waals surface area contributed by atoms with Crippen molar-refractivity contribution in [1.82, 2.24) is 4.57 Å². The standard InChI is InChI=1S/C19H22F4N2S2/c1-11(2)9-25-10-14(18(3,4)5)27-17(25)24-16(26)12-7-6-8-13(15(12)20)19(21,22)23/h6-8,10-11H,9H2,1-5H3. The number of rotatable bonds is 3. The normalized spacial score (nSPS) is 13.5. The second kappa shape index (κ2) is 7.83. The van der Waals surface area contributed by atoms with Crippen LogP contribution in [-0.4, -0.2) is 9.56 Å². The first-order valence-electron chi connectivity index (χ1n) is 8.46. The summed E-state index contributed by atoms with van der Waals surface area (Å²) in [4.78, 5) is 5.73. The molecule has 1 heterocycles. The van der Waals surface area contributed by atoms with Gasteiger partial charge in [-0.2, -0.15) is 13.2 Å². The van der Waals surface area contributed by atoms with Crippen LogP contribution in [0.25, 0.3) is 0 Å². The topological polar surface area (TPSA) is 17.3 Å². The number of thiocarbonyl (C=S) groups is 1. The zero-order chi connectivity index (χ0) is 20.6. The van der Waals surface area contributed by atoms with Crippen LogP contribution >= 0.6 is 23.6 Å². The van der Waals surface area contributed by atoms with Gasteiger partial charge in [-0.05, 0) is 23.5 Å². The lowest BCUT2D eigenvalue weighted by molar-refractivity contribution is -0.140. The van der Waals surface area contributed by atoms with Gasteiger partial charge >= 0.3 is 6.18 Å². The Balaban J connectivity index is 2.56. The number of nitrogens with zero attached hydrogens (tertiary/aromatic N) is 2. The molecule has 0 aliphatic carbocycles. The summed E-state index contributed by atoms with van der Waals surface area (Å²) in [6, 6.07) is 3.06. The summed E-state index contributed by atoms with van der Waals surface area (Å²) in [5.74, 6) is -1.05. The van der Waals surface area contributed by atoms with Crippen LogP contribution in [0.5, 0.6) is 0 Å². The zero-order valence-electron chi connectivity index (χ0n) is 15.8. The average Bonchev–Trinajstić information content (AvgIpc) is 2.88. The van der Waals surface area contributed by atoms with Crippen molar-refractivity contribution in [2.45, 2.75) is 52.8 Å². The lowest BCUT2D eigenvalue weighted by atomic mass is 9.95. The molecule has 1 aromatic heterocycles. The van der Waals surface area contributed by atoms with E-state index >= 15 is 0 Å². The highest BCUT2D eigenvalue weighted by molar-refractivity contribution is 7.80. The number of halogens is 4. The van der Waals surface area contributed by atoms with E-state index in [1.807, 2.05) is 10.8 Å². The summed E-state index contributed by atoms with van der Waals surface area (Å²) in [6.45, 7) is 11.0. The fraction of sp³-hybridized carbons (Fsp3) is 0.474. The summed E-state index contributed by atoms with van der Waals surface area (Å²) in [6.07, 6.45) is -2.80. The molecule has 0 fully saturated rings. The fourth-order valence-electron chi connectivity index (χ4n) is 2.40. The van der Waals surface area contributed by atoms with Crippen LogP contribution in [0.3, 0.4) is 0 Å². The van der Waals surface area contributed by atoms with E-state index in [0.717, 1.165) is 10.9 Å². The highest BCUT2D eigenvalue weighted by Gasteiger charge is 2.35. The first kappa shape index (κ1) is 21.8. The van der Waals surface area contributed by atoms with Crippen molar-refractivity contribution in [2.75, 3.05) is 0 Å². The van der Waals surface area contributed by atoms with Gasteiger partial charge in [-0.1, -0.05) is 52.9 Å². The van der Waals surface area contributed by atoms with E-state index in [2.05, 4.69) is 39.6 Å². The summed E-state index contributed by atoms with van der Waals surface area (Å²) < 4.78 is 55.1. The minimum absolute atomic E-state index is 0.111. The van der Waals surface area contributed by atoms with Crippen molar-refractivity contribution in [2.24, 2.45) is 10.9 Å². The van der Waals surface area contributed by atoms with Gasteiger partial charge in [0.2, 0.25) is 0 Å². The predicted octanol–water partition coefficient (Wildman–Crippen LogP) is 5.94. The maximum absolute atomic E-state index is 14.4. The molecule has 27 heavy (non-hydrogen) atoms. The molecule has 2 nitrogen and oxygen atoms in total. The van der Waals surface area contributed by atoms with Crippen LogP contribution < -0.4 is 4.80 Å². The molecule has 0 unspecified atom stereocenters. The maximum Gasteiger partial charge on any atom is 0.419 e. The molecule has 0 N–H and O–H groups in total. The van der Waals surface area contributed by atoms with Gasteiger partial charge in [0, 0.05) is 23.2 Å². The third kappa shape index (κ3) is 5.25. The molecule has 0 atom stereocenters. The SMILES string of the molecule is CC(C)Cn1cc(C(C)(C)C)sc1=NC(=S)c1cccc(C(F)(F)F)c1F. The Kier molecular flexibility index (Phi) is 6.31. The summed E-state index contributed by atoms with van der Waals surface area (Å²) >= 11 is 6.58. The molecule has 0 radical (unpaired) electrons. The quantitative estimate of drug-likeness (QED) is 0.446. The van der Waals surface area contributed by atoms with Crippen LogP contribution in [0.2, 0.25) is 0 Å². The Bertz CT molecular complexity index is 900. The van der Waals surface area contributed by atoms with Gasteiger partial charge in [0.25, 0.3) is 0 Å². The first-order valence-corrected chi connectivity index (χ1v) is 9.68. The second-order valence-corrected chi connectivity index (χ2v) is 9.15. The Morgan fingerprint density at radius 2 is 1.85 bits per heavy atom. The Morgan fingerprint density at radius 1 is 1.22 bits per heavy atom. The Labute approximate surface area is 165 Å². The lowest BCUT2D eigenvalue weighted by Crippen LogP contribution is -2.19. The maximum atomic E-state index is 14.4. The Hall–Kier alpha value is -1.54. The molecule has 0 amide bonds. The van der Waals surface area contributed by atoms with E-state index in [-0.39, 0.29) is 16.0 Å². The molecule has 8 heteroatoms. The minimum Gasteiger partial charge on any atom is -0.323 e. The number of benzene rings is 1. The molecule has 0 aliphatic heterocycles. The molecule has 1 aromatic carbocycles. The molecule has 0 saturated carbocycles. The number of thiazole rings is 1. The molecular formula is C19H22F4N2S2. The van der Waals surface area contributed by atoms with Crippen molar-refractivity contribution in [3.05, 3.63) is 51.0 Å². The smallest absolute Gasteiger partial charge is 0.323 e. The highest BCUT2D eigenvalue weighted by Crippen LogP contribution is 2.32. The van der Waals surface area contributed by atoms with Gasteiger partial charge in [0.1, 0.15) is 10.8 Å². The molecule has 0 bridgehead atoms. The van der Waals surface area contributed by atoms with Gasteiger partial charge < -0.3 is 4.57 Å². The molecule has 0 spiro atoms. The van der Waals surface area contributed by atoms with E-state index in [0.29, 0.717) is 23.3 Å². The lowest BCUT2D eigenvalue weighted by Gasteiger charge is -2.14. The van der Waals surface area contributed by atoms with Crippen LogP contribution in [0.4, 0.5) is 17.6 Å². The number of alkyl halides is 3. The largest absolute Gasteiger partial charge is 0.419 e. The van der Waals surface area contributed by atoms with Gasteiger partial charge in [-0.15, -0.1) is 11.3 Å². The predicted molar refractivity (Wildman–Crippen MR) is 105 cm³/mol.